The van der Waals surface area contributed by atoms with Gasteiger partial charge in [-0.2, -0.15) is 0 Å². The van der Waals surface area contributed by atoms with Gasteiger partial charge in [-0.05, 0) is 18.2 Å². The van der Waals surface area contributed by atoms with Crippen molar-refractivity contribution in [2.45, 2.75) is 6.54 Å². The van der Waals surface area contributed by atoms with E-state index in [9.17, 15) is 9.59 Å². The van der Waals surface area contributed by atoms with Crippen LogP contribution in [0.2, 0.25) is 0 Å². The van der Waals surface area contributed by atoms with E-state index < -0.39 is 5.91 Å². The largest absolute Gasteiger partial charge is 0.368 e. The molecule has 0 saturated heterocycles. The molecule has 1 aliphatic rings. The van der Waals surface area contributed by atoms with Crippen molar-refractivity contribution in [2.75, 3.05) is 11.9 Å². The van der Waals surface area contributed by atoms with Crippen molar-refractivity contribution in [3.8, 4) is 0 Å². The SMILES string of the molecule is CN1C(=O)/C(=C/c2cn(CC(N)=O)c3ccccc23)c2ccccc21. The van der Waals surface area contributed by atoms with Gasteiger partial charge in [0.25, 0.3) is 5.91 Å². The van der Waals surface area contributed by atoms with Crippen LogP contribution >= 0.6 is 0 Å². The number of benzene rings is 2. The number of likely N-dealkylation sites (N-methyl/N-ethyl adjacent to an activating group) is 1. The normalized spacial score (nSPS) is 15.2. The first-order chi connectivity index (χ1) is 12.1. The van der Waals surface area contributed by atoms with Crippen molar-refractivity contribution in [2.24, 2.45) is 5.73 Å². The third-order valence-corrected chi connectivity index (χ3v) is 4.54. The van der Waals surface area contributed by atoms with Gasteiger partial charge in [0.15, 0.2) is 0 Å². The molecule has 2 N–H and O–H groups in total. The second-order valence-corrected chi connectivity index (χ2v) is 6.14. The minimum atomic E-state index is -0.401. The lowest BCUT2D eigenvalue weighted by Gasteiger charge is -2.07. The summed E-state index contributed by atoms with van der Waals surface area (Å²) < 4.78 is 1.82. The average Bonchev–Trinajstić information content (AvgIpc) is 3.06. The molecule has 1 aromatic heterocycles. The molecule has 0 radical (unpaired) electrons. The molecular weight excluding hydrogens is 314 g/mol. The molecule has 2 amide bonds. The highest BCUT2D eigenvalue weighted by atomic mass is 16.2. The summed E-state index contributed by atoms with van der Waals surface area (Å²) in [6.07, 6.45) is 3.77. The van der Waals surface area contributed by atoms with Gasteiger partial charge in [-0.15, -0.1) is 0 Å². The van der Waals surface area contributed by atoms with Crippen LogP contribution in [0.4, 0.5) is 5.69 Å². The van der Waals surface area contributed by atoms with Crippen LogP contribution in [0.5, 0.6) is 0 Å². The predicted octanol–water partition coefficient (Wildman–Crippen LogP) is 2.64. The highest BCUT2D eigenvalue weighted by Gasteiger charge is 2.29. The van der Waals surface area contributed by atoms with Gasteiger partial charge in [-0.1, -0.05) is 36.4 Å². The summed E-state index contributed by atoms with van der Waals surface area (Å²) in [7, 11) is 1.78. The van der Waals surface area contributed by atoms with Crippen molar-refractivity contribution >= 4 is 40.1 Å². The molecule has 3 aromatic rings. The zero-order chi connectivity index (χ0) is 17.6. The van der Waals surface area contributed by atoms with Crippen LogP contribution in [-0.2, 0) is 16.1 Å². The Morgan fingerprint density at radius 2 is 1.84 bits per heavy atom. The fraction of sp³-hybridized carbons (Fsp3) is 0.100. The molecule has 0 spiro atoms. The summed E-state index contributed by atoms with van der Waals surface area (Å²) in [6, 6.07) is 15.5. The van der Waals surface area contributed by atoms with E-state index in [0.717, 1.165) is 27.7 Å². The molecule has 2 heterocycles. The van der Waals surface area contributed by atoms with E-state index in [0.29, 0.717) is 5.57 Å². The number of nitrogens with two attached hydrogens (primary N) is 1. The van der Waals surface area contributed by atoms with E-state index in [1.807, 2.05) is 65.4 Å². The molecular formula is C20H17N3O2. The number of fused-ring (bicyclic) bond motifs is 2. The number of para-hydroxylation sites is 2. The van der Waals surface area contributed by atoms with Crippen LogP contribution in [0.25, 0.3) is 22.6 Å². The molecule has 5 nitrogen and oxygen atoms in total. The molecule has 25 heavy (non-hydrogen) atoms. The number of primary amides is 1. The van der Waals surface area contributed by atoms with Crippen LogP contribution < -0.4 is 10.6 Å². The lowest BCUT2D eigenvalue weighted by atomic mass is 10.0. The maximum absolute atomic E-state index is 12.7. The number of aromatic nitrogens is 1. The van der Waals surface area contributed by atoms with Crippen molar-refractivity contribution in [1.82, 2.24) is 4.57 Å². The maximum Gasteiger partial charge on any atom is 0.258 e. The van der Waals surface area contributed by atoms with Crippen LogP contribution in [0.1, 0.15) is 11.1 Å². The number of hydrogen-bond acceptors (Lipinski definition) is 2. The standard InChI is InChI=1S/C20H17N3O2/c1-22-17-8-4-3-7-15(17)16(20(22)25)10-13-11-23(12-19(21)24)18-9-5-2-6-14(13)18/h2-11H,12H2,1H3,(H2,21,24)/b16-10+. The summed E-state index contributed by atoms with van der Waals surface area (Å²) in [4.78, 5) is 25.7. The highest BCUT2D eigenvalue weighted by Crippen LogP contribution is 2.37. The van der Waals surface area contributed by atoms with E-state index in [1.54, 1.807) is 11.9 Å². The summed E-state index contributed by atoms with van der Waals surface area (Å²) in [6.45, 7) is 0.105. The first-order valence-electron chi connectivity index (χ1n) is 8.01. The Balaban J connectivity index is 1.90. The van der Waals surface area contributed by atoms with Crippen molar-refractivity contribution in [3.63, 3.8) is 0 Å². The zero-order valence-electron chi connectivity index (χ0n) is 13.8. The maximum atomic E-state index is 12.7. The van der Waals surface area contributed by atoms with E-state index in [2.05, 4.69) is 0 Å². The fourth-order valence-corrected chi connectivity index (χ4v) is 3.38. The number of anilines is 1. The van der Waals surface area contributed by atoms with E-state index in [-0.39, 0.29) is 12.5 Å². The first kappa shape index (κ1) is 15.2. The predicted molar refractivity (Wildman–Crippen MR) is 98.9 cm³/mol. The molecule has 5 heteroatoms. The van der Waals surface area contributed by atoms with Gasteiger partial charge in [-0.25, -0.2) is 0 Å². The van der Waals surface area contributed by atoms with Crippen LogP contribution in [0.15, 0.2) is 54.7 Å². The van der Waals surface area contributed by atoms with Crippen molar-refractivity contribution in [3.05, 3.63) is 65.9 Å². The summed E-state index contributed by atoms with van der Waals surface area (Å²) in [5.74, 6) is -0.435. The average molecular weight is 331 g/mol. The molecule has 0 saturated carbocycles. The fourth-order valence-electron chi connectivity index (χ4n) is 3.38. The monoisotopic (exact) mass is 331 g/mol. The topological polar surface area (TPSA) is 68.3 Å². The first-order valence-corrected chi connectivity index (χ1v) is 8.01. The van der Waals surface area contributed by atoms with Crippen LogP contribution in [-0.4, -0.2) is 23.4 Å². The number of amides is 2. The number of nitrogens with zero attached hydrogens (tertiary/aromatic N) is 2. The third kappa shape index (κ3) is 2.41. The Hall–Kier alpha value is -3.34. The zero-order valence-corrected chi connectivity index (χ0v) is 13.8. The Labute approximate surface area is 145 Å². The highest BCUT2D eigenvalue weighted by molar-refractivity contribution is 6.36. The molecule has 0 fully saturated rings. The Kier molecular flexibility index (Phi) is 3.42. The number of carbonyl (C=O) groups excluding carboxylic acids is 2. The van der Waals surface area contributed by atoms with E-state index in [1.165, 1.54) is 0 Å². The van der Waals surface area contributed by atoms with E-state index in [4.69, 9.17) is 5.73 Å². The molecule has 0 unspecified atom stereocenters. The minimum absolute atomic E-state index is 0.0343. The summed E-state index contributed by atoms with van der Waals surface area (Å²) in [5.41, 5.74) is 9.64. The van der Waals surface area contributed by atoms with E-state index >= 15 is 0 Å². The third-order valence-electron chi connectivity index (χ3n) is 4.54. The number of carbonyl (C=O) groups is 2. The summed E-state index contributed by atoms with van der Waals surface area (Å²) in [5, 5.41) is 0.982. The lowest BCUT2D eigenvalue weighted by molar-refractivity contribution is -0.118. The molecule has 0 bridgehead atoms. The molecule has 124 valence electrons. The van der Waals surface area contributed by atoms with Gasteiger partial charge >= 0.3 is 0 Å². The molecule has 4 rings (SSSR count). The number of hydrogen-bond donors (Lipinski definition) is 1. The molecule has 1 aliphatic heterocycles. The van der Waals surface area contributed by atoms with Gasteiger partial charge in [-0.3, -0.25) is 9.59 Å². The van der Waals surface area contributed by atoms with Gasteiger partial charge in [0.1, 0.15) is 6.54 Å². The molecule has 0 aliphatic carbocycles. The van der Waals surface area contributed by atoms with Gasteiger partial charge in [0, 0.05) is 40.8 Å². The Morgan fingerprint density at radius 1 is 1.12 bits per heavy atom. The second-order valence-electron chi connectivity index (χ2n) is 6.14. The Bertz CT molecular complexity index is 1050. The second kappa shape index (κ2) is 5.63. The molecule has 0 atom stereocenters. The van der Waals surface area contributed by atoms with Crippen molar-refractivity contribution < 1.29 is 9.59 Å². The number of rotatable bonds is 3. The van der Waals surface area contributed by atoms with Gasteiger partial charge in [0.05, 0.1) is 5.69 Å². The van der Waals surface area contributed by atoms with Gasteiger partial charge < -0.3 is 15.2 Å². The van der Waals surface area contributed by atoms with Crippen LogP contribution in [0.3, 0.4) is 0 Å². The molecule has 2 aromatic carbocycles. The Morgan fingerprint density at radius 3 is 2.64 bits per heavy atom. The minimum Gasteiger partial charge on any atom is -0.368 e. The van der Waals surface area contributed by atoms with Crippen LogP contribution in [0, 0.1) is 0 Å². The lowest BCUT2D eigenvalue weighted by Crippen LogP contribution is -2.20. The van der Waals surface area contributed by atoms with Gasteiger partial charge in [0.2, 0.25) is 5.91 Å². The smallest absolute Gasteiger partial charge is 0.258 e. The summed E-state index contributed by atoms with van der Waals surface area (Å²) >= 11 is 0. The van der Waals surface area contributed by atoms with Crippen molar-refractivity contribution in [1.29, 1.82) is 0 Å². The quantitative estimate of drug-likeness (QED) is 0.750.